The number of nitrogens with zero attached hydrogens (tertiary/aromatic N) is 2. The first kappa shape index (κ1) is 11.4. The van der Waals surface area contributed by atoms with Gasteiger partial charge in [0.25, 0.3) is 5.91 Å². The maximum atomic E-state index is 12.0. The molecule has 94 valence electrons. The Morgan fingerprint density at radius 2 is 2.16 bits per heavy atom. The number of carbonyl (C=O) groups excluding carboxylic acids is 1. The van der Waals surface area contributed by atoms with Crippen molar-refractivity contribution in [1.82, 2.24) is 15.0 Å². The number of aromatic nitrogens is 3. The molecule has 0 unspecified atom stereocenters. The Hall–Kier alpha value is -2.69. The number of pyridine rings is 1. The fourth-order valence-corrected chi connectivity index (χ4v) is 1.91. The second-order valence-corrected chi connectivity index (χ2v) is 4.25. The average molecular weight is 252 g/mol. The number of aryl methyl sites for hydroxylation is 1. The lowest BCUT2D eigenvalue weighted by Crippen LogP contribution is -2.12. The van der Waals surface area contributed by atoms with Crippen LogP contribution in [0.25, 0.3) is 11.0 Å². The van der Waals surface area contributed by atoms with Crippen LogP contribution in [-0.4, -0.2) is 20.9 Å². The lowest BCUT2D eigenvalue weighted by Gasteiger charge is -2.00. The summed E-state index contributed by atoms with van der Waals surface area (Å²) in [6.45, 7) is 1.98. The van der Waals surface area contributed by atoms with E-state index in [1.54, 1.807) is 18.3 Å². The van der Waals surface area contributed by atoms with Gasteiger partial charge in [0.05, 0.1) is 16.6 Å². The van der Waals surface area contributed by atoms with Gasteiger partial charge < -0.3 is 4.98 Å². The summed E-state index contributed by atoms with van der Waals surface area (Å²) in [6, 6.07) is 9.28. The zero-order valence-corrected chi connectivity index (χ0v) is 10.3. The molecule has 0 saturated heterocycles. The Balaban J connectivity index is 1.90. The minimum absolute atomic E-state index is 0.232. The molecule has 1 aromatic carbocycles. The summed E-state index contributed by atoms with van der Waals surface area (Å²) in [6.07, 6.45) is 3.14. The molecule has 0 fully saturated rings. The molecule has 1 amide bonds. The highest BCUT2D eigenvalue weighted by atomic mass is 16.1. The maximum absolute atomic E-state index is 12.0. The molecule has 5 nitrogen and oxygen atoms in total. The van der Waals surface area contributed by atoms with Gasteiger partial charge in [0.1, 0.15) is 0 Å². The summed E-state index contributed by atoms with van der Waals surface area (Å²) in [5, 5.41) is 2.73. The Bertz CT molecular complexity index is 734. The molecule has 0 aliphatic rings. The van der Waals surface area contributed by atoms with Gasteiger partial charge in [0.2, 0.25) is 5.95 Å². The molecule has 19 heavy (non-hydrogen) atoms. The number of hydrogen-bond donors (Lipinski definition) is 2. The smallest absolute Gasteiger partial charge is 0.259 e. The van der Waals surface area contributed by atoms with Crippen LogP contribution in [0.2, 0.25) is 0 Å². The van der Waals surface area contributed by atoms with Crippen LogP contribution in [0.4, 0.5) is 5.95 Å². The van der Waals surface area contributed by atoms with Crippen molar-refractivity contribution in [2.75, 3.05) is 5.32 Å². The minimum atomic E-state index is -0.232. The number of nitrogens with one attached hydrogen (secondary N) is 2. The molecule has 0 atom stereocenters. The van der Waals surface area contributed by atoms with E-state index >= 15 is 0 Å². The van der Waals surface area contributed by atoms with Crippen LogP contribution >= 0.6 is 0 Å². The van der Waals surface area contributed by atoms with Crippen molar-refractivity contribution in [3.05, 3.63) is 53.9 Å². The van der Waals surface area contributed by atoms with Gasteiger partial charge in [-0.3, -0.25) is 15.1 Å². The zero-order chi connectivity index (χ0) is 13.2. The van der Waals surface area contributed by atoms with Gasteiger partial charge in [-0.2, -0.15) is 0 Å². The van der Waals surface area contributed by atoms with Crippen molar-refractivity contribution in [3.8, 4) is 0 Å². The third-order valence-corrected chi connectivity index (χ3v) is 2.87. The maximum Gasteiger partial charge on any atom is 0.259 e. The molecule has 0 aliphatic heterocycles. The van der Waals surface area contributed by atoms with Gasteiger partial charge in [-0.15, -0.1) is 0 Å². The second kappa shape index (κ2) is 4.53. The van der Waals surface area contributed by atoms with Crippen molar-refractivity contribution < 1.29 is 4.79 Å². The van der Waals surface area contributed by atoms with E-state index in [0.29, 0.717) is 11.5 Å². The molecule has 2 heterocycles. The monoisotopic (exact) mass is 252 g/mol. The minimum Gasteiger partial charge on any atom is -0.324 e. The summed E-state index contributed by atoms with van der Waals surface area (Å²) >= 11 is 0. The zero-order valence-electron chi connectivity index (χ0n) is 10.3. The first-order chi connectivity index (χ1) is 9.24. The number of aromatic amines is 1. The van der Waals surface area contributed by atoms with Gasteiger partial charge in [0, 0.05) is 12.4 Å². The van der Waals surface area contributed by atoms with Crippen molar-refractivity contribution in [2.24, 2.45) is 0 Å². The number of benzene rings is 1. The predicted octanol–water partition coefficient (Wildman–Crippen LogP) is 2.52. The van der Waals surface area contributed by atoms with E-state index in [1.165, 1.54) is 6.20 Å². The number of para-hydroxylation sites is 1. The molecule has 0 aliphatic carbocycles. The molecule has 2 aromatic heterocycles. The summed E-state index contributed by atoms with van der Waals surface area (Å²) in [5.74, 6) is 0.211. The summed E-state index contributed by atoms with van der Waals surface area (Å²) in [5.41, 5.74) is 3.33. The lowest BCUT2D eigenvalue weighted by atomic mass is 10.2. The number of H-pyrrole nitrogens is 1. The lowest BCUT2D eigenvalue weighted by molar-refractivity contribution is 0.102. The molecule has 5 heteroatoms. The van der Waals surface area contributed by atoms with Crippen molar-refractivity contribution in [3.63, 3.8) is 0 Å². The van der Waals surface area contributed by atoms with Crippen LogP contribution < -0.4 is 5.32 Å². The molecular weight excluding hydrogens is 240 g/mol. The third kappa shape index (κ3) is 2.18. The largest absolute Gasteiger partial charge is 0.324 e. The number of fused-ring (bicyclic) bond motifs is 1. The first-order valence-electron chi connectivity index (χ1n) is 5.91. The second-order valence-electron chi connectivity index (χ2n) is 4.25. The van der Waals surface area contributed by atoms with Gasteiger partial charge in [-0.25, -0.2) is 4.98 Å². The van der Waals surface area contributed by atoms with Crippen LogP contribution in [0, 0.1) is 6.92 Å². The van der Waals surface area contributed by atoms with Gasteiger partial charge in [0.15, 0.2) is 0 Å². The predicted molar refractivity (Wildman–Crippen MR) is 73.0 cm³/mol. The highest BCUT2D eigenvalue weighted by molar-refractivity contribution is 6.03. The Morgan fingerprint density at radius 1 is 1.26 bits per heavy atom. The normalized spacial score (nSPS) is 10.6. The van der Waals surface area contributed by atoms with Gasteiger partial charge >= 0.3 is 0 Å². The molecular formula is C14H12N4O. The highest BCUT2D eigenvalue weighted by Crippen LogP contribution is 2.18. The molecule has 3 aromatic rings. The van der Waals surface area contributed by atoms with Crippen LogP contribution in [0.1, 0.15) is 15.9 Å². The van der Waals surface area contributed by atoms with E-state index in [9.17, 15) is 4.79 Å². The number of carbonyl (C=O) groups is 1. The summed E-state index contributed by atoms with van der Waals surface area (Å²) < 4.78 is 0. The van der Waals surface area contributed by atoms with Crippen LogP contribution in [0.3, 0.4) is 0 Å². The first-order valence-corrected chi connectivity index (χ1v) is 5.91. The fraction of sp³-hybridized carbons (Fsp3) is 0.0714. The van der Waals surface area contributed by atoms with Crippen molar-refractivity contribution in [2.45, 2.75) is 6.92 Å². The molecule has 0 bridgehead atoms. The Morgan fingerprint density at radius 3 is 2.89 bits per heavy atom. The van der Waals surface area contributed by atoms with E-state index in [0.717, 1.165) is 16.6 Å². The molecule has 3 rings (SSSR count). The number of amides is 1. The summed E-state index contributed by atoms with van der Waals surface area (Å²) in [4.78, 5) is 23.3. The number of anilines is 1. The van der Waals surface area contributed by atoms with E-state index in [4.69, 9.17) is 0 Å². The van der Waals surface area contributed by atoms with E-state index in [2.05, 4.69) is 20.3 Å². The van der Waals surface area contributed by atoms with Crippen LogP contribution in [0.5, 0.6) is 0 Å². The van der Waals surface area contributed by atoms with Gasteiger partial charge in [-0.1, -0.05) is 12.1 Å². The third-order valence-electron chi connectivity index (χ3n) is 2.87. The van der Waals surface area contributed by atoms with Crippen LogP contribution in [0.15, 0.2) is 42.7 Å². The van der Waals surface area contributed by atoms with Crippen molar-refractivity contribution >= 4 is 22.9 Å². The van der Waals surface area contributed by atoms with Gasteiger partial charge in [-0.05, 0) is 30.7 Å². The summed E-state index contributed by atoms with van der Waals surface area (Å²) in [7, 11) is 0. The Kier molecular flexibility index (Phi) is 2.72. The SMILES string of the molecule is Cc1cccc2[nH]c(NC(=O)c3cccnc3)nc12. The molecule has 0 saturated carbocycles. The molecule has 2 N–H and O–H groups in total. The van der Waals surface area contributed by atoms with E-state index in [-0.39, 0.29) is 5.91 Å². The quantitative estimate of drug-likeness (QED) is 0.736. The van der Waals surface area contributed by atoms with Crippen LogP contribution in [-0.2, 0) is 0 Å². The highest BCUT2D eigenvalue weighted by Gasteiger charge is 2.09. The average Bonchev–Trinajstić information content (AvgIpc) is 2.84. The van der Waals surface area contributed by atoms with E-state index in [1.807, 2.05) is 25.1 Å². The topological polar surface area (TPSA) is 70.7 Å². The molecule has 0 spiro atoms. The van der Waals surface area contributed by atoms with E-state index < -0.39 is 0 Å². The number of imidazole rings is 1. The fourth-order valence-electron chi connectivity index (χ4n) is 1.91. The Labute approximate surface area is 109 Å². The van der Waals surface area contributed by atoms with Crippen molar-refractivity contribution in [1.29, 1.82) is 0 Å². The standard InChI is InChI=1S/C14H12N4O/c1-9-4-2-6-11-12(9)17-14(16-11)18-13(19)10-5-3-7-15-8-10/h2-8H,1H3,(H2,16,17,18,19). The number of hydrogen-bond acceptors (Lipinski definition) is 3. The number of rotatable bonds is 2. The molecule has 0 radical (unpaired) electrons.